The van der Waals surface area contributed by atoms with Crippen LogP contribution in [-0.4, -0.2) is 25.2 Å². The van der Waals surface area contributed by atoms with E-state index in [1.54, 1.807) is 12.1 Å². The number of hydrogen-bond donors (Lipinski definition) is 2. The van der Waals surface area contributed by atoms with Crippen molar-refractivity contribution >= 4 is 21.7 Å². The molecule has 4 rings (SSSR count). The van der Waals surface area contributed by atoms with E-state index in [0.717, 1.165) is 24.0 Å². The van der Waals surface area contributed by atoms with E-state index in [9.17, 15) is 18.3 Å². The Bertz CT molecular complexity index is 1170. The minimum atomic E-state index is -3.69. The van der Waals surface area contributed by atoms with Gasteiger partial charge in [-0.1, -0.05) is 60.7 Å². The molecule has 1 aliphatic carbocycles. The van der Waals surface area contributed by atoms with E-state index < -0.39 is 16.0 Å². The van der Waals surface area contributed by atoms with Gasteiger partial charge in [0.2, 0.25) is 10.0 Å². The maximum Gasteiger partial charge on any atom is 0.337 e. The number of carboxylic acid groups (broad SMARTS) is 1. The van der Waals surface area contributed by atoms with E-state index in [-0.39, 0.29) is 22.9 Å². The number of benzene rings is 3. The Morgan fingerprint density at radius 2 is 1.70 bits per heavy atom. The smallest absolute Gasteiger partial charge is 0.337 e. The molecule has 30 heavy (non-hydrogen) atoms. The van der Waals surface area contributed by atoms with Gasteiger partial charge in [0.15, 0.2) is 0 Å². The van der Waals surface area contributed by atoms with E-state index in [1.807, 2.05) is 42.5 Å². The lowest BCUT2D eigenvalue weighted by molar-refractivity contribution is 0.0698. The van der Waals surface area contributed by atoms with Gasteiger partial charge in [-0.05, 0) is 59.6 Å². The lowest BCUT2D eigenvalue weighted by atomic mass is 9.99. The van der Waals surface area contributed by atoms with Crippen molar-refractivity contribution in [3.05, 3.63) is 89.5 Å². The molecule has 0 spiro atoms. The Morgan fingerprint density at radius 1 is 0.967 bits per heavy atom. The molecule has 0 aromatic heterocycles. The predicted molar refractivity (Wildman–Crippen MR) is 118 cm³/mol. The van der Waals surface area contributed by atoms with Crippen molar-refractivity contribution < 1.29 is 18.3 Å². The fourth-order valence-electron chi connectivity index (χ4n) is 4.09. The van der Waals surface area contributed by atoms with Crippen molar-refractivity contribution in [1.82, 2.24) is 0 Å². The van der Waals surface area contributed by atoms with Gasteiger partial charge >= 0.3 is 5.97 Å². The van der Waals surface area contributed by atoms with Crippen LogP contribution >= 0.6 is 0 Å². The largest absolute Gasteiger partial charge is 0.478 e. The Balaban J connectivity index is 1.54. The Hall–Kier alpha value is -3.12. The molecule has 0 saturated heterocycles. The molecule has 0 aliphatic heterocycles. The van der Waals surface area contributed by atoms with Crippen LogP contribution in [0.5, 0.6) is 0 Å². The minimum Gasteiger partial charge on any atom is -0.478 e. The second kappa shape index (κ2) is 8.32. The first-order chi connectivity index (χ1) is 14.4. The highest BCUT2D eigenvalue weighted by Crippen LogP contribution is 2.35. The molecule has 6 heteroatoms. The average molecular weight is 422 g/mol. The second-order valence-corrected chi connectivity index (χ2v) is 9.42. The van der Waals surface area contributed by atoms with Crippen LogP contribution in [0.25, 0.3) is 11.1 Å². The van der Waals surface area contributed by atoms with Crippen molar-refractivity contribution in [2.24, 2.45) is 0 Å². The summed E-state index contributed by atoms with van der Waals surface area (Å²) in [5.74, 6) is -1.01. The molecule has 0 fully saturated rings. The summed E-state index contributed by atoms with van der Waals surface area (Å²) in [6.45, 7) is 0. The number of nitrogens with one attached hydrogen (secondary N) is 1. The number of sulfonamides is 1. The molecule has 5 nitrogen and oxygen atoms in total. The normalized spacial score (nSPS) is 15.5. The van der Waals surface area contributed by atoms with Crippen LogP contribution in [0.1, 0.15) is 40.2 Å². The van der Waals surface area contributed by atoms with Gasteiger partial charge in [-0.2, -0.15) is 0 Å². The highest BCUT2D eigenvalue weighted by Gasteiger charge is 2.25. The molecule has 0 bridgehead atoms. The first-order valence-electron chi connectivity index (χ1n) is 9.94. The number of fused-ring (bicyclic) bond motifs is 1. The lowest BCUT2D eigenvalue weighted by Crippen LogP contribution is -2.20. The first-order valence-corrected chi connectivity index (χ1v) is 11.6. The van der Waals surface area contributed by atoms with Crippen LogP contribution < -0.4 is 4.72 Å². The summed E-state index contributed by atoms with van der Waals surface area (Å²) in [6.07, 6.45) is 2.42. The second-order valence-electron chi connectivity index (χ2n) is 7.58. The summed E-state index contributed by atoms with van der Waals surface area (Å²) >= 11 is 0. The van der Waals surface area contributed by atoms with E-state index in [0.29, 0.717) is 6.42 Å². The molecule has 0 heterocycles. The first kappa shape index (κ1) is 20.2. The Kier molecular flexibility index (Phi) is 5.59. The SMILES string of the molecule is O=C(O)c1ccc(-c2ccccc2)cc1NS(=O)(=O)CCC1CCc2ccccc21. The fraction of sp³-hybridized carbons (Fsp3) is 0.208. The zero-order chi connectivity index (χ0) is 21.1. The molecular weight excluding hydrogens is 398 g/mol. The summed E-state index contributed by atoms with van der Waals surface area (Å²) in [6, 6.07) is 22.3. The standard InChI is InChI=1S/C24H23NO4S/c26-24(27)22-13-12-20(17-6-2-1-3-7-17)16-23(22)25-30(28,29)15-14-19-11-10-18-8-4-5-9-21(18)19/h1-9,12-13,16,19,25H,10-11,14-15H2,(H,26,27). The summed E-state index contributed by atoms with van der Waals surface area (Å²) in [4.78, 5) is 11.6. The van der Waals surface area contributed by atoms with Crippen LogP contribution in [0.3, 0.4) is 0 Å². The van der Waals surface area contributed by atoms with Gasteiger partial charge < -0.3 is 5.11 Å². The van der Waals surface area contributed by atoms with Crippen molar-refractivity contribution in [3.8, 4) is 11.1 Å². The molecule has 3 aromatic carbocycles. The number of carboxylic acids is 1. The van der Waals surface area contributed by atoms with Crippen LogP contribution in [0.4, 0.5) is 5.69 Å². The molecule has 0 amide bonds. The summed E-state index contributed by atoms with van der Waals surface area (Å²) in [5.41, 5.74) is 4.18. The van der Waals surface area contributed by atoms with Crippen LogP contribution in [-0.2, 0) is 16.4 Å². The van der Waals surface area contributed by atoms with Gasteiger partial charge in [0.25, 0.3) is 0 Å². The third-order valence-corrected chi connectivity index (χ3v) is 6.92. The number of anilines is 1. The van der Waals surface area contributed by atoms with E-state index in [4.69, 9.17) is 0 Å². The van der Waals surface area contributed by atoms with Gasteiger partial charge in [0.05, 0.1) is 17.0 Å². The maximum absolute atomic E-state index is 12.8. The summed E-state index contributed by atoms with van der Waals surface area (Å²) < 4.78 is 28.1. The van der Waals surface area contributed by atoms with E-state index in [1.165, 1.54) is 17.2 Å². The predicted octanol–water partition coefficient (Wildman–Crippen LogP) is 4.91. The van der Waals surface area contributed by atoms with Crippen molar-refractivity contribution in [1.29, 1.82) is 0 Å². The molecular formula is C24H23NO4S. The maximum atomic E-state index is 12.8. The number of aromatic carboxylic acids is 1. The summed E-state index contributed by atoms with van der Waals surface area (Å²) in [7, 11) is -3.69. The molecule has 2 N–H and O–H groups in total. The third-order valence-electron chi connectivity index (χ3n) is 5.61. The summed E-state index contributed by atoms with van der Waals surface area (Å²) in [5, 5.41) is 9.50. The van der Waals surface area contributed by atoms with Gasteiger partial charge in [-0.3, -0.25) is 4.72 Å². The number of rotatable bonds is 7. The number of hydrogen-bond acceptors (Lipinski definition) is 3. The van der Waals surface area contributed by atoms with Crippen LogP contribution in [0.15, 0.2) is 72.8 Å². The zero-order valence-electron chi connectivity index (χ0n) is 16.4. The van der Waals surface area contributed by atoms with E-state index in [2.05, 4.69) is 16.9 Å². The van der Waals surface area contributed by atoms with Gasteiger partial charge in [-0.25, -0.2) is 13.2 Å². The van der Waals surface area contributed by atoms with Gasteiger partial charge in [0.1, 0.15) is 0 Å². The van der Waals surface area contributed by atoms with Gasteiger partial charge in [0, 0.05) is 0 Å². The van der Waals surface area contributed by atoms with Crippen molar-refractivity contribution in [3.63, 3.8) is 0 Å². The Labute approximate surface area is 176 Å². The number of carbonyl (C=O) groups is 1. The molecule has 1 atom stereocenters. The molecule has 154 valence electrons. The molecule has 0 saturated carbocycles. The number of aryl methyl sites for hydroxylation is 1. The molecule has 1 aliphatic rings. The highest BCUT2D eigenvalue weighted by atomic mass is 32.2. The van der Waals surface area contributed by atoms with Crippen LogP contribution in [0.2, 0.25) is 0 Å². The quantitative estimate of drug-likeness (QED) is 0.568. The van der Waals surface area contributed by atoms with Crippen molar-refractivity contribution in [2.75, 3.05) is 10.5 Å². The lowest BCUT2D eigenvalue weighted by Gasteiger charge is -2.15. The van der Waals surface area contributed by atoms with Crippen LogP contribution in [0, 0.1) is 0 Å². The highest BCUT2D eigenvalue weighted by molar-refractivity contribution is 7.92. The fourth-order valence-corrected chi connectivity index (χ4v) is 5.29. The molecule has 1 unspecified atom stereocenters. The monoisotopic (exact) mass is 421 g/mol. The third kappa shape index (κ3) is 4.39. The Morgan fingerprint density at radius 3 is 2.47 bits per heavy atom. The van der Waals surface area contributed by atoms with Crippen molar-refractivity contribution in [2.45, 2.75) is 25.2 Å². The molecule has 3 aromatic rings. The molecule has 0 radical (unpaired) electrons. The zero-order valence-corrected chi connectivity index (χ0v) is 17.2. The van der Waals surface area contributed by atoms with E-state index >= 15 is 0 Å². The average Bonchev–Trinajstić information content (AvgIpc) is 3.16. The minimum absolute atomic E-state index is 0.0549. The van der Waals surface area contributed by atoms with Gasteiger partial charge in [-0.15, -0.1) is 0 Å². The topological polar surface area (TPSA) is 83.5 Å².